The van der Waals surface area contributed by atoms with Crippen molar-refractivity contribution < 1.29 is 22.0 Å². The molecule has 0 bridgehead atoms. The van der Waals surface area contributed by atoms with Crippen LogP contribution >= 0.6 is 11.3 Å². The number of thiazole rings is 1. The van der Waals surface area contributed by atoms with Crippen molar-refractivity contribution in [3.05, 3.63) is 76.2 Å². The van der Waals surface area contributed by atoms with E-state index in [0.717, 1.165) is 18.2 Å². The first kappa shape index (κ1) is 18.2. The zero-order chi connectivity index (χ0) is 18.7. The van der Waals surface area contributed by atoms with E-state index in [2.05, 4.69) is 10.3 Å². The smallest absolute Gasteiger partial charge is 0.261 e. The first-order chi connectivity index (χ1) is 12.4. The molecule has 0 fully saturated rings. The van der Waals surface area contributed by atoms with E-state index in [1.54, 1.807) is 5.38 Å². The van der Waals surface area contributed by atoms with Crippen LogP contribution in [0.3, 0.4) is 0 Å². The first-order valence-corrected chi connectivity index (χ1v) is 9.86. The number of nitrogens with one attached hydrogen (secondary N) is 1. The molecule has 3 rings (SSSR count). The van der Waals surface area contributed by atoms with Gasteiger partial charge in [0.2, 0.25) is 0 Å². The van der Waals surface area contributed by atoms with Gasteiger partial charge < -0.3 is 5.32 Å². The minimum atomic E-state index is -3.58. The molecule has 5 nitrogen and oxygen atoms in total. The lowest BCUT2D eigenvalue weighted by Gasteiger charge is -2.08. The fourth-order valence-corrected chi connectivity index (χ4v) is 4.48. The van der Waals surface area contributed by atoms with E-state index in [4.69, 9.17) is 0 Å². The van der Waals surface area contributed by atoms with E-state index in [1.807, 2.05) is 0 Å². The van der Waals surface area contributed by atoms with Crippen molar-refractivity contribution in [2.24, 2.45) is 0 Å². The second kappa shape index (κ2) is 7.30. The van der Waals surface area contributed by atoms with Gasteiger partial charge in [-0.2, -0.15) is 0 Å². The average Bonchev–Trinajstić information content (AvgIpc) is 3.07. The number of nitrogens with zero attached hydrogens (tertiary/aromatic N) is 1. The van der Waals surface area contributed by atoms with Gasteiger partial charge in [-0.1, -0.05) is 6.07 Å². The van der Waals surface area contributed by atoms with Gasteiger partial charge in [0, 0.05) is 17.3 Å². The summed E-state index contributed by atoms with van der Waals surface area (Å²) in [6.07, 6.45) is 1.52. The molecule has 1 amide bonds. The molecule has 0 radical (unpaired) electrons. The summed E-state index contributed by atoms with van der Waals surface area (Å²) in [4.78, 5) is 16.0. The Kier molecular flexibility index (Phi) is 5.10. The van der Waals surface area contributed by atoms with Crippen molar-refractivity contribution in [3.8, 4) is 0 Å². The largest absolute Gasteiger partial charge is 0.322 e. The summed E-state index contributed by atoms with van der Waals surface area (Å²) in [5.41, 5.74) is -0.487. The molecule has 0 saturated heterocycles. The van der Waals surface area contributed by atoms with Gasteiger partial charge in [-0.25, -0.2) is 22.2 Å². The molecule has 0 aliphatic carbocycles. The van der Waals surface area contributed by atoms with Crippen molar-refractivity contribution in [2.45, 2.75) is 10.6 Å². The molecule has 1 aromatic heterocycles. The van der Waals surface area contributed by atoms with Crippen LogP contribution in [-0.2, 0) is 15.6 Å². The highest BCUT2D eigenvalue weighted by atomic mass is 32.2. The van der Waals surface area contributed by atoms with Crippen LogP contribution in [0.5, 0.6) is 0 Å². The Labute approximate surface area is 152 Å². The Morgan fingerprint density at radius 2 is 1.73 bits per heavy atom. The number of benzene rings is 2. The minimum absolute atomic E-state index is 0.0581. The van der Waals surface area contributed by atoms with Crippen LogP contribution in [0.4, 0.5) is 14.5 Å². The van der Waals surface area contributed by atoms with Gasteiger partial charge in [0.15, 0.2) is 9.84 Å². The lowest BCUT2D eigenvalue weighted by atomic mass is 10.2. The number of carbonyl (C=O) groups excluding carboxylic acids is 1. The summed E-state index contributed by atoms with van der Waals surface area (Å²) in [5.74, 6) is -3.15. The number of hydrogen-bond acceptors (Lipinski definition) is 5. The van der Waals surface area contributed by atoms with E-state index >= 15 is 0 Å². The number of carbonyl (C=O) groups is 1. The molecule has 0 aliphatic rings. The zero-order valence-corrected chi connectivity index (χ0v) is 14.8. The van der Waals surface area contributed by atoms with E-state index in [-0.39, 0.29) is 16.3 Å². The van der Waals surface area contributed by atoms with Crippen LogP contribution in [0.1, 0.15) is 15.4 Å². The molecule has 1 N–H and O–H groups in total. The van der Waals surface area contributed by atoms with Crippen molar-refractivity contribution in [3.63, 3.8) is 0 Å². The Morgan fingerprint density at radius 1 is 1.08 bits per heavy atom. The molecule has 134 valence electrons. The summed E-state index contributed by atoms with van der Waals surface area (Å²) in [5, 5.41) is 4.50. The van der Waals surface area contributed by atoms with Gasteiger partial charge >= 0.3 is 0 Å². The average molecular weight is 394 g/mol. The van der Waals surface area contributed by atoms with Gasteiger partial charge in [-0.3, -0.25) is 4.79 Å². The van der Waals surface area contributed by atoms with Gasteiger partial charge in [0.05, 0.1) is 4.90 Å². The highest BCUT2D eigenvalue weighted by molar-refractivity contribution is 7.90. The Hall–Kier alpha value is -2.65. The Balaban J connectivity index is 1.76. The van der Waals surface area contributed by atoms with Crippen molar-refractivity contribution in [1.82, 2.24) is 4.98 Å². The second-order valence-electron chi connectivity index (χ2n) is 5.26. The Morgan fingerprint density at radius 3 is 2.31 bits per heavy atom. The normalized spacial score (nSPS) is 11.3. The molecule has 1 heterocycles. The monoisotopic (exact) mass is 394 g/mol. The molecule has 0 spiro atoms. The highest BCUT2D eigenvalue weighted by Gasteiger charge is 2.19. The van der Waals surface area contributed by atoms with Crippen LogP contribution in [0.25, 0.3) is 0 Å². The number of rotatable bonds is 5. The van der Waals surface area contributed by atoms with Crippen LogP contribution in [0.2, 0.25) is 0 Å². The SMILES string of the molecule is O=C(Nc1ccc(S(=O)(=O)Cc2nccs2)cc1)c1c(F)cccc1F. The minimum Gasteiger partial charge on any atom is -0.322 e. The molecule has 9 heteroatoms. The summed E-state index contributed by atoms with van der Waals surface area (Å²) in [6.45, 7) is 0. The Bertz CT molecular complexity index is 1010. The summed E-state index contributed by atoms with van der Waals surface area (Å²) in [6, 6.07) is 8.45. The third kappa shape index (κ3) is 3.94. The second-order valence-corrected chi connectivity index (χ2v) is 8.23. The molecule has 0 aliphatic heterocycles. The predicted molar refractivity (Wildman–Crippen MR) is 93.8 cm³/mol. The number of hydrogen-bond donors (Lipinski definition) is 1. The molecular weight excluding hydrogens is 382 g/mol. The van der Waals surface area contributed by atoms with Gasteiger partial charge in [-0.05, 0) is 36.4 Å². The number of sulfone groups is 1. The molecule has 0 unspecified atom stereocenters. The molecule has 2 aromatic carbocycles. The van der Waals surface area contributed by atoms with Crippen molar-refractivity contribution >= 4 is 32.8 Å². The van der Waals surface area contributed by atoms with Gasteiger partial charge in [-0.15, -0.1) is 11.3 Å². The maximum Gasteiger partial charge on any atom is 0.261 e. The maximum atomic E-state index is 13.6. The standard InChI is InChI=1S/C17H12F2N2O3S2/c18-13-2-1-3-14(19)16(13)17(22)21-11-4-6-12(7-5-11)26(23,24)10-15-20-8-9-25-15/h1-9H,10H2,(H,21,22). The molecule has 3 aromatic rings. The number of halogens is 2. The van der Waals surface area contributed by atoms with Crippen molar-refractivity contribution in [2.75, 3.05) is 5.32 Å². The quantitative estimate of drug-likeness (QED) is 0.717. The number of aromatic nitrogens is 1. The summed E-state index contributed by atoms with van der Waals surface area (Å²) < 4.78 is 51.9. The molecule has 26 heavy (non-hydrogen) atoms. The van der Waals surface area contributed by atoms with Crippen LogP contribution in [0, 0.1) is 11.6 Å². The predicted octanol–water partition coefficient (Wildman–Crippen LogP) is 3.65. The van der Waals surface area contributed by atoms with Crippen LogP contribution < -0.4 is 5.32 Å². The third-order valence-electron chi connectivity index (χ3n) is 3.46. The summed E-state index contributed by atoms with van der Waals surface area (Å²) >= 11 is 1.24. The zero-order valence-electron chi connectivity index (χ0n) is 13.1. The number of amides is 1. The van der Waals surface area contributed by atoms with Crippen molar-refractivity contribution in [1.29, 1.82) is 0 Å². The summed E-state index contributed by atoms with van der Waals surface area (Å²) in [7, 11) is -3.58. The fraction of sp³-hybridized carbons (Fsp3) is 0.0588. The topological polar surface area (TPSA) is 76.1 Å². The molecule has 0 atom stereocenters. The third-order valence-corrected chi connectivity index (χ3v) is 6.06. The molecular formula is C17H12F2N2O3S2. The lowest BCUT2D eigenvalue weighted by molar-refractivity contribution is 0.101. The van der Waals surface area contributed by atoms with E-state index in [9.17, 15) is 22.0 Å². The number of anilines is 1. The van der Waals surface area contributed by atoms with Gasteiger partial charge in [0.25, 0.3) is 5.91 Å². The van der Waals surface area contributed by atoms with Crippen LogP contribution in [-0.4, -0.2) is 19.3 Å². The lowest BCUT2D eigenvalue weighted by Crippen LogP contribution is -2.16. The first-order valence-electron chi connectivity index (χ1n) is 7.33. The fourth-order valence-electron chi connectivity index (χ4n) is 2.22. The van der Waals surface area contributed by atoms with E-state index < -0.39 is 32.9 Å². The maximum absolute atomic E-state index is 13.6. The molecule has 0 saturated carbocycles. The van der Waals surface area contributed by atoms with Crippen LogP contribution in [0.15, 0.2) is 58.9 Å². The van der Waals surface area contributed by atoms with Gasteiger partial charge in [0.1, 0.15) is 28.0 Å². The van der Waals surface area contributed by atoms with E-state index in [0.29, 0.717) is 5.01 Å². The van der Waals surface area contributed by atoms with E-state index in [1.165, 1.54) is 41.8 Å². The highest BCUT2D eigenvalue weighted by Crippen LogP contribution is 2.21.